The molecular weight excluding hydrogens is 307 g/mol. The van der Waals surface area contributed by atoms with Gasteiger partial charge >= 0.3 is 6.09 Å². The first-order valence-electron chi connectivity index (χ1n) is 7.36. The number of carbonyl (C=O) groups excluding carboxylic acids is 1. The molecule has 2 saturated heterocycles. The van der Waals surface area contributed by atoms with Crippen molar-refractivity contribution in [1.82, 2.24) is 10.2 Å². The van der Waals surface area contributed by atoms with E-state index in [0.29, 0.717) is 18.1 Å². The first kappa shape index (κ1) is 15.6. The van der Waals surface area contributed by atoms with Gasteiger partial charge in [-0.05, 0) is 38.5 Å². The molecule has 1 aromatic carbocycles. The van der Waals surface area contributed by atoms with E-state index in [1.54, 1.807) is 11.0 Å². The minimum Gasteiger partial charge on any atom is -0.444 e. The summed E-state index contributed by atoms with van der Waals surface area (Å²) < 4.78 is 18.5. The Balaban J connectivity index is 1.67. The highest BCUT2D eigenvalue weighted by Crippen LogP contribution is 2.49. The summed E-state index contributed by atoms with van der Waals surface area (Å²) >= 11 is 6.15. The highest BCUT2D eigenvalue weighted by Gasteiger charge is 2.57. The highest BCUT2D eigenvalue weighted by atomic mass is 35.5. The second kappa shape index (κ2) is 5.10. The summed E-state index contributed by atoms with van der Waals surface area (Å²) in [5.74, 6) is -0.342. The maximum Gasteiger partial charge on any atom is 0.410 e. The number of likely N-dealkylation sites (tertiary alicyclic amines) is 1. The summed E-state index contributed by atoms with van der Waals surface area (Å²) in [6.45, 7) is 7.65. The molecule has 0 bridgehead atoms. The second-order valence-electron chi connectivity index (χ2n) is 7.18. The average molecular weight is 327 g/mol. The summed E-state index contributed by atoms with van der Waals surface area (Å²) in [7, 11) is 0. The predicted octanol–water partition coefficient (Wildman–Crippen LogP) is 3.36. The van der Waals surface area contributed by atoms with Crippen LogP contribution in [-0.4, -0.2) is 36.2 Å². The van der Waals surface area contributed by atoms with Crippen LogP contribution in [0, 0.1) is 11.2 Å². The molecule has 0 radical (unpaired) electrons. The van der Waals surface area contributed by atoms with E-state index in [1.165, 1.54) is 12.1 Å². The van der Waals surface area contributed by atoms with Crippen molar-refractivity contribution in [3.63, 3.8) is 0 Å². The number of amides is 1. The van der Waals surface area contributed by atoms with E-state index < -0.39 is 5.60 Å². The number of halogens is 2. The fourth-order valence-electron chi connectivity index (χ4n) is 3.13. The molecule has 1 N–H and O–H groups in total. The molecule has 2 aliphatic heterocycles. The lowest BCUT2D eigenvalue weighted by Crippen LogP contribution is -2.73. The van der Waals surface area contributed by atoms with Gasteiger partial charge in [-0.3, -0.25) is 0 Å². The average Bonchev–Trinajstić information content (AvgIpc) is 2.27. The van der Waals surface area contributed by atoms with Crippen LogP contribution in [0.4, 0.5) is 9.18 Å². The van der Waals surface area contributed by atoms with Gasteiger partial charge in [-0.15, -0.1) is 0 Å². The molecule has 22 heavy (non-hydrogen) atoms. The molecule has 120 valence electrons. The summed E-state index contributed by atoms with van der Waals surface area (Å²) in [6.07, 6.45) is -0.283. The number of hydrogen-bond acceptors (Lipinski definition) is 3. The van der Waals surface area contributed by atoms with Crippen molar-refractivity contribution in [2.75, 3.05) is 19.6 Å². The molecule has 1 unspecified atom stereocenters. The predicted molar refractivity (Wildman–Crippen MR) is 82.4 cm³/mol. The lowest BCUT2D eigenvalue weighted by atomic mass is 9.65. The zero-order valence-electron chi connectivity index (χ0n) is 13.0. The van der Waals surface area contributed by atoms with Gasteiger partial charge < -0.3 is 15.0 Å². The normalized spacial score (nSPS) is 23.0. The molecule has 0 saturated carbocycles. The number of nitrogens with zero attached hydrogens (tertiary/aromatic N) is 1. The topological polar surface area (TPSA) is 41.6 Å². The van der Waals surface area contributed by atoms with Gasteiger partial charge in [0, 0.05) is 36.1 Å². The number of nitrogens with one attached hydrogen (secondary N) is 1. The Hall–Kier alpha value is -1.33. The molecule has 6 heteroatoms. The summed E-state index contributed by atoms with van der Waals surface area (Å²) in [4.78, 5) is 13.7. The van der Waals surface area contributed by atoms with Crippen LogP contribution >= 0.6 is 11.6 Å². The number of hydrogen-bond donors (Lipinski definition) is 1. The molecule has 3 rings (SSSR count). The van der Waals surface area contributed by atoms with Crippen LogP contribution in [0.3, 0.4) is 0 Å². The zero-order valence-corrected chi connectivity index (χ0v) is 13.7. The van der Waals surface area contributed by atoms with Crippen molar-refractivity contribution >= 4 is 17.7 Å². The molecule has 2 heterocycles. The number of benzene rings is 1. The maximum absolute atomic E-state index is 13.2. The lowest BCUT2D eigenvalue weighted by molar-refractivity contribution is -0.0854. The molecule has 2 fully saturated rings. The van der Waals surface area contributed by atoms with Crippen LogP contribution in [0.25, 0.3) is 0 Å². The van der Waals surface area contributed by atoms with Crippen molar-refractivity contribution in [3.05, 3.63) is 34.6 Å². The smallest absolute Gasteiger partial charge is 0.410 e. The van der Waals surface area contributed by atoms with E-state index >= 15 is 0 Å². The first-order chi connectivity index (χ1) is 10.2. The van der Waals surface area contributed by atoms with Crippen molar-refractivity contribution < 1.29 is 13.9 Å². The second-order valence-corrected chi connectivity index (χ2v) is 7.59. The minimum absolute atomic E-state index is 0.0155. The Kier molecular flexibility index (Phi) is 3.61. The van der Waals surface area contributed by atoms with E-state index in [4.69, 9.17) is 16.3 Å². The molecule has 1 atom stereocenters. The van der Waals surface area contributed by atoms with Crippen LogP contribution in [0.2, 0.25) is 5.02 Å². The van der Waals surface area contributed by atoms with Crippen molar-refractivity contribution in [1.29, 1.82) is 0 Å². The van der Waals surface area contributed by atoms with Crippen LogP contribution in [0.5, 0.6) is 0 Å². The Labute approximate surface area is 134 Å². The standard InChI is InChI=1S/C16H20ClFN2O2/c1-15(2,3)22-14(21)20-8-16(9-20)7-19-13(16)11-5-4-10(18)6-12(11)17/h4-6,13,19H,7-9H2,1-3H3. The molecule has 4 nitrogen and oxygen atoms in total. The van der Waals surface area contributed by atoms with Crippen molar-refractivity contribution in [2.45, 2.75) is 32.4 Å². The quantitative estimate of drug-likeness (QED) is 0.860. The molecule has 1 spiro atoms. The summed E-state index contributed by atoms with van der Waals surface area (Å²) in [5, 5.41) is 3.76. The summed E-state index contributed by atoms with van der Waals surface area (Å²) in [6, 6.07) is 4.51. The van der Waals surface area contributed by atoms with Gasteiger partial charge in [0.1, 0.15) is 11.4 Å². The fourth-order valence-corrected chi connectivity index (χ4v) is 3.41. The SMILES string of the molecule is CC(C)(C)OC(=O)N1CC2(CNC2c2ccc(F)cc2Cl)C1. The third kappa shape index (κ3) is 2.68. The van der Waals surface area contributed by atoms with E-state index in [9.17, 15) is 9.18 Å². The van der Waals surface area contributed by atoms with Crippen LogP contribution in [0.1, 0.15) is 32.4 Å². The minimum atomic E-state index is -0.489. The Bertz CT molecular complexity index is 609. The van der Waals surface area contributed by atoms with E-state index in [0.717, 1.165) is 12.1 Å². The third-order valence-electron chi connectivity index (χ3n) is 4.21. The Morgan fingerprint density at radius 3 is 2.64 bits per heavy atom. The molecule has 1 amide bonds. The van der Waals surface area contributed by atoms with Gasteiger partial charge in [-0.2, -0.15) is 0 Å². The zero-order chi connectivity index (χ0) is 16.1. The molecular formula is C16H20ClFN2O2. The van der Waals surface area contributed by atoms with E-state index in [-0.39, 0.29) is 23.4 Å². The largest absolute Gasteiger partial charge is 0.444 e. The van der Waals surface area contributed by atoms with Crippen LogP contribution in [0.15, 0.2) is 18.2 Å². The van der Waals surface area contributed by atoms with Crippen molar-refractivity contribution in [2.24, 2.45) is 5.41 Å². The number of rotatable bonds is 1. The number of ether oxygens (including phenoxy) is 1. The highest BCUT2D eigenvalue weighted by molar-refractivity contribution is 6.31. The first-order valence-corrected chi connectivity index (χ1v) is 7.74. The molecule has 0 aromatic heterocycles. The van der Waals surface area contributed by atoms with Gasteiger partial charge in [0.15, 0.2) is 0 Å². The summed E-state index contributed by atoms with van der Waals surface area (Å²) in [5.41, 5.74) is 0.383. The van der Waals surface area contributed by atoms with Gasteiger partial charge in [-0.1, -0.05) is 17.7 Å². The Morgan fingerprint density at radius 1 is 1.45 bits per heavy atom. The van der Waals surface area contributed by atoms with Crippen LogP contribution < -0.4 is 5.32 Å². The third-order valence-corrected chi connectivity index (χ3v) is 4.53. The van der Waals surface area contributed by atoms with E-state index in [2.05, 4.69) is 5.32 Å². The Morgan fingerprint density at radius 2 is 2.14 bits per heavy atom. The van der Waals surface area contributed by atoms with E-state index in [1.807, 2.05) is 20.8 Å². The van der Waals surface area contributed by atoms with Crippen LogP contribution in [-0.2, 0) is 4.74 Å². The fraction of sp³-hybridized carbons (Fsp3) is 0.562. The molecule has 1 aromatic rings. The lowest BCUT2D eigenvalue weighted by Gasteiger charge is -2.60. The monoisotopic (exact) mass is 326 g/mol. The molecule has 0 aliphatic carbocycles. The van der Waals surface area contributed by atoms with Gasteiger partial charge in [0.05, 0.1) is 0 Å². The van der Waals surface area contributed by atoms with Gasteiger partial charge in [0.25, 0.3) is 0 Å². The number of carbonyl (C=O) groups is 1. The maximum atomic E-state index is 13.2. The van der Waals surface area contributed by atoms with Crippen molar-refractivity contribution in [3.8, 4) is 0 Å². The van der Waals surface area contributed by atoms with Gasteiger partial charge in [-0.25, -0.2) is 9.18 Å². The molecule has 2 aliphatic rings. The van der Waals surface area contributed by atoms with Gasteiger partial charge in [0.2, 0.25) is 0 Å².